The number of ether oxygens (including phenoxy) is 2. The van der Waals surface area contributed by atoms with E-state index in [4.69, 9.17) is 21.1 Å². The molecule has 0 N–H and O–H groups in total. The summed E-state index contributed by atoms with van der Waals surface area (Å²) in [6.45, 7) is 7.70. The van der Waals surface area contributed by atoms with Gasteiger partial charge in [0.2, 0.25) is 0 Å². The van der Waals surface area contributed by atoms with E-state index < -0.39 is 0 Å². The van der Waals surface area contributed by atoms with Gasteiger partial charge in [-0.15, -0.1) is 11.6 Å². The lowest BCUT2D eigenvalue weighted by Crippen LogP contribution is -2.09. The van der Waals surface area contributed by atoms with Crippen molar-refractivity contribution in [3.05, 3.63) is 28.2 Å². The summed E-state index contributed by atoms with van der Waals surface area (Å²) in [6, 6.07) is 6.01. The molecule has 0 aliphatic heterocycles. The lowest BCUT2D eigenvalue weighted by Gasteiger charge is -2.22. The molecule has 1 atom stereocenters. The van der Waals surface area contributed by atoms with Crippen molar-refractivity contribution in [3.63, 3.8) is 0 Å². The van der Waals surface area contributed by atoms with Crippen LogP contribution in [0, 0.1) is 5.41 Å². The minimum atomic E-state index is 0.0179. The number of hydrogen-bond acceptors (Lipinski definition) is 2. The van der Waals surface area contributed by atoms with Crippen LogP contribution in [0.25, 0.3) is 0 Å². The van der Waals surface area contributed by atoms with Crippen LogP contribution in [0.1, 0.15) is 38.1 Å². The summed E-state index contributed by atoms with van der Waals surface area (Å²) in [5.41, 5.74) is 1.33. The zero-order valence-electron chi connectivity index (χ0n) is 12.0. The molecule has 0 radical (unpaired) electrons. The lowest BCUT2D eigenvalue weighted by atomic mass is 9.88. The van der Waals surface area contributed by atoms with Crippen molar-refractivity contribution in [1.82, 2.24) is 0 Å². The Bertz CT molecular complexity index is 402. The van der Waals surface area contributed by atoms with E-state index in [1.807, 2.05) is 18.2 Å². The van der Waals surface area contributed by atoms with Gasteiger partial charge >= 0.3 is 0 Å². The van der Waals surface area contributed by atoms with Crippen LogP contribution in [0.2, 0.25) is 0 Å². The van der Waals surface area contributed by atoms with E-state index in [2.05, 4.69) is 36.7 Å². The molecule has 0 fully saturated rings. The summed E-state index contributed by atoms with van der Waals surface area (Å²) in [4.78, 5) is 0. The largest absolute Gasteiger partial charge is 0.490 e. The molecule has 1 aromatic carbocycles. The lowest BCUT2D eigenvalue weighted by molar-refractivity contribution is 0.146. The summed E-state index contributed by atoms with van der Waals surface area (Å²) in [6.07, 6.45) is 0.935. The Morgan fingerprint density at radius 2 is 1.95 bits per heavy atom. The third-order valence-corrected chi connectivity index (χ3v) is 3.68. The molecule has 0 aliphatic carbocycles. The summed E-state index contributed by atoms with van der Waals surface area (Å²) in [5, 5.41) is 0.0179. The van der Waals surface area contributed by atoms with Gasteiger partial charge in [0.05, 0.1) is 16.5 Å². The fourth-order valence-electron chi connectivity index (χ4n) is 1.72. The first-order valence-electron chi connectivity index (χ1n) is 6.39. The second-order valence-electron chi connectivity index (χ2n) is 5.76. The Labute approximate surface area is 129 Å². The highest BCUT2D eigenvalue weighted by Gasteiger charge is 2.19. The first kappa shape index (κ1) is 16.8. The Morgan fingerprint density at radius 1 is 1.26 bits per heavy atom. The normalized spacial score (nSPS) is 13.4. The third-order valence-electron chi connectivity index (χ3n) is 2.65. The maximum absolute atomic E-state index is 6.46. The van der Waals surface area contributed by atoms with Crippen molar-refractivity contribution in [3.8, 4) is 5.75 Å². The zero-order valence-corrected chi connectivity index (χ0v) is 14.3. The van der Waals surface area contributed by atoms with Crippen molar-refractivity contribution >= 4 is 27.5 Å². The fraction of sp³-hybridized carbons (Fsp3) is 0.600. The van der Waals surface area contributed by atoms with Crippen molar-refractivity contribution in [2.75, 3.05) is 20.3 Å². The van der Waals surface area contributed by atoms with E-state index >= 15 is 0 Å². The highest BCUT2D eigenvalue weighted by molar-refractivity contribution is 9.10. The highest BCUT2D eigenvalue weighted by Crippen LogP contribution is 2.37. The van der Waals surface area contributed by atoms with Gasteiger partial charge in [0.25, 0.3) is 0 Å². The van der Waals surface area contributed by atoms with Crippen LogP contribution >= 0.6 is 27.5 Å². The van der Waals surface area contributed by atoms with Gasteiger partial charge in [0, 0.05) is 7.11 Å². The molecule has 0 aromatic heterocycles. The Morgan fingerprint density at radius 3 is 2.47 bits per heavy atom. The van der Waals surface area contributed by atoms with Gasteiger partial charge in [0.1, 0.15) is 12.4 Å². The molecular weight excluding hydrogens is 328 g/mol. The second kappa shape index (κ2) is 7.51. The van der Waals surface area contributed by atoms with Crippen molar-refractivity contribution in [2.45, 2.75) is 32.6 Å². The Balaban J connectivity index is 2.70. The maximum atomic E-state index is 6.46. The Hall–Kier alpha value is -0.250. The number of alkyl halides is 1. The van der Waals surface area contributed by atoms with Crippen molar-refractivity contribution in [1.29, 1.82) is 0 Å². The Kier molecular flexibility index (Phi) is 6.64. The quantitative estimate of drug-likeness (QED) is 0.520. The second-order valence-corrected chi connectivity index (χ2v) is 7.14. The molecule has 0 amide bonds. The van der Waals surface area contributed by atoms with E-state index in [9.17, 15) is 0 Å². The summed E-state index contributed by atoms with van der Waals surface area (Å²) >= 11 is 9.98. The molecule has 1 unspecified atom stereocenters. The molecule has 19 heavy (non-hydrogen) atoms. The minimum absolute atomic E-state index is 0.0179. The molecule has 0 saturated heterocycles. The third kappa shape index (κ3) is 6.15. The first-order chi connectivity index (χ1) is 8.83. The molecule has 0 heterocycles. The van der Waals surface area contributed by atoms with Gasteiger partial charge in [-0.2, -0.15) is 0 Å². The first-order valence-corrected chi connectivity index (χ1v) is 7.61. The molecule has 4 heteroatoms. The minimum Gasteiger partial charge on any atom is -0.490 e. The van der Waals surface area contributed by atoms with Crippen molar-refractivity contribution < 1.29 is 9.47 Å². The zero-order chi connectivity index (χ0) is 14.5. The number of hydrogen-bond donors (Lipinski definition) is 0. The van der Waals surface area contributed by atoms with Gasteiger partial charge < -0.3 is 9.47 Å². The molecule has 108 valence electrons. The summed E-state index contributed by atoms with van der Waals surface area (Å²) < 4.78 is 11.5. The summed E-state index contributed by atoms with van der Waals surface area (Å²) in [7, 11) is 1.66. The average Bonchev–Trinajstić information content (AvgIpc) is 2.29. The van der Waals surface area contributed by atoms with Crippen LogP contribution < -0.4 is 4.74 Å². The number of rotatable bonds is 6. The fourth-order valence-corrected chi connectivity index (χ4v) is 2.83. The molecule has 0 bridgehead atoms. The number of halogens is 2. The SMILES string of the molecule is COCCOc1ccc(C(Cl)CC(C)(C)C)cc1Br. The topological polar surface area (TPSA) is 18.5 Å². The molecule has 1 rings (SSSR count). The molecule has 0 aliphatic rings. The van der Waals surface area contributed by atoms with E-state index in [-0.39, 0.29) is 10.8 Å². The predicted molar refractivity (Wildman–Crippen MR) is 84.2 cm³/mol. The molecule has 2 nitrogen and oxygen atoms in total. The van der Waals surface area contributed by atoms with Gasteiger partial charge in [-0.25, -0.2) is 0 Å². The van der Waals surface area contributed by atoms with E-state index in [0.29, 0.717) is 13.2 Å². The van der Waals surface area contributed by atoms with Crippen molar-refractivity contribution in [2.24, 2.45) is 5.41 Å². The molecular formula is C15H22BrClO2. The highest BCUT2D eigenvalue weighted by atomic mass is 79.9. The van der Waals surface area contributed by atoms with Gasteiger partial charge in [-0.05, 0) is 45.5 Å². The van der Waals surface area contributed by atoms with E-state index in [0.717, 1.165) is 22.2 Å². The van der Waals surface area contributed by atoms with Gasteiger partial charge in [0.15, 0.2) is 0 Å². The smallest absolute Gasteiger partial charge is 0.133 e. The summed E-state index contributed by atoms with van der Waals surface area (Å²) in [5.74, 6) is 0.820. The average molecular weight is 350 g/mol. The van der Waals surface area contributed by atoms with Crippen LogP contribution in [0.15, 0.2) is 22.7 Å². The predicted octanol–water partition coefficient (Wildman–Crippen LogP) is 5.19. The molecule has 1 aromatic rings. The molecule has 0 saturated carbocycles. The maximum Gasteiger partial charge on any atom is 0.133 e. The standard InChI is InChI=1S/C15H22BrClO2/c1-15(2,3)10-13(17)11-5-6-14(12(16)9-11)19-8-7-18-4/h5-6,9,13H,7-8,10H2,1-4H3. The van der Waals surface area contributed by atoms with Gasteiger partial charge in [-0.3, -0.25) is 0 Å². The van der Waals surface area contributed by atoms with Gasteiger partial charge in [-0.1, -0.05) is 26.8 Å². The van der Waals surface area contributed by atoms with Crippen LogP contribution in [-0.2, 0) is 4.74 Å². The number of methoxy groups -OCH3 is 1. The van der Waals surface area contributed by atoms with E-state index in [1.54, 1.807) is 7.11 Å². The van der Waals surface area contributed by atoms with Crippen LogP contribution in [-0.4, -0.2) is 20.3 Å². The number of benzene rings is 1. The molecule has 0 spiro atoms. The van der Waals surface area contributed by atoms with E-state index in [1.165, 1.54) is 0 Å². The van der Waals surface area contributed by atoms with Crippen LogP contribution in [0.5, 0.6) is 5.75 Å². The monoisotopic (exact) mass is 348 g/mol. The van der Waals surface area contributed by atoms with Crippen LogP contribution in [0.3, 0.4) is 0 Å². The van der Waals surface area contributed by atoms with Crippen LogP contribution in [0.4, 0.5) is 0 Å².